The van der Waals surface area contributed by atoms with E-state index in [-0.39, 0.29) is 5.91 Å². The molecule has 2 aromatic rings. The number of furan rings is 1. The van der Waals surface area contributed by atoms with Crippen molar-refractivity contribution in [3.8, 4) is 0 Å². The highest BCUT2D eigenvalue weighted by Gasteiger charge is 2.24. The number of rotatable bonds is 7. The fourth-order valence-corrected chi connectivity index (χ4v) is 3.09. The maximum Gasteiger partial charge on any atom is 0.289 e. The van der Waals surface area contributed by atoms with Crippen LogP contribution in [0.5, 0.6) is 0 Å². The third-order valence-electron chi connectivity index (χ3n) is 4.53. The Morgan fingerprint density at radius 2 is 2.04 bits per heavy atom. The molecule has 0 bridgehead atoms. The van der Waals surface area contributed by atoms with Gasteiger partial charge in [-0.25, -0.2) is 9.97 Å². The number of hydrogen-bond donors (Lipinski definition) is 1. The van der Waals surface area contributed by atoms with Gasteiger partial charge in [-0.05, 0) is 25.5 Å². The molecule has 3 rings (SSSR count). The van der Waals surface area contributed by atoms with Crippen molar-refractivity contribution >= 4 is 17.5 Å². The zero-order chi connectivity index (χ0) is 18.4. The van der Waals surface area contributed by atoms with Crippen LogP contribution in [0.3, 0.4) is 0 Å². The molecule has 1 fully saturated rings. The Morgan fingerprint density at radius 3 is 2.73 bits per heavy atom. The van der Waals surface area contributed by atoms with Crippen molar-refractivity contribution in [2.24, 2.45) is 0 Å². The Balaban J connectivity index is 1.58. The molecule has 0 saturated carbocycles. The van der Waals surface area contributed by atoms with Gasteiger partial charge in [0.15, 0.2) is 5.76 Å². The first-order valence-electron chi connectivity index (χ1n) is 9.34. The first kappa shape index (κ1) is 18.2. The van der Waals surface area contributed by atoms with Crippen LogP contribution < -0.4 is 10.2 Å². The smallest absolute Gasteiger partial charge is 0.289 e. The van der Waals surface area contributed by atoms with Crippen LogP contribution in [0.1, 0.15) is 42.6 Å². The second-order valence-corrected chi connectivity index (χ2v) is 6.55. The van der Waals surface area contributed by atoms with Crippen molar-refractivity contribution in [2.75, 3.05) is 42.9 Å². The van der Waals surface area contributed by atoms with Gasteiger partial charge in [-0.15, -0.1) is 0 Å². The first-order valence-corrected chi connectivity index (χ1v) is 9.34. The molecule has 0 atom stereocenters. The van der Waals surface area contributed by atoms with Crippen LogP contribution >= 0.6 is 0 Å². The van der Waals surface area contributed by atoms with E-state index >= 15 is 0 Å². The second kappa shape index (κ2) is 8.69. The van der Waals surface area contributed by atoms with Crippen LogP contribution in [0, 0.1) is 6.92 Å². The molecule has 140 valence electrons. The normalized spacial score (nSPS) is 14.5. The molecule has 1 aliphatic heterocycles. The minimum Gasteiger partial charge on any atom is -0.459 e. The van der Waals surface area contributed by atoms with Crippen molar-refractivity contribution in [1.29, 1.82) is 0 Å². The summed E-state index contributed by atoms with van der Waals surface area (Å²) >= 11 is 0. The lowest BCUT2D eigenvalue weighted by molar-refractivity contribution is 0.0714. The van der Waals surface area contributed by atoms with Gasteiger partial charge in [0, 0.05) is 38.8 Å². The molecule has 1 amide bonds. The Hall–Kier alpha value is -2.57. The van der Waals surface area contributed by atoms with E-state index in [1.807, 2.05) is 17.9 Å². The van der Waals surface area contributed by atoms with Crippen molar-refractivity contribution in [3.63, 3.8) is 0 Å². The molecule has 0 aliphatic carbocycles. The first-order chi connectivity index (χ1) is 12.7. The monoisotopic (exact) mass is 357 g/mol. The number of carbonyl (C=O) groups excluding carboxylic acids is 1. The van der Waals surface area contributed by atoms with Gasteiger partial charge in [-0.2, -0.15) is 0 Å². The molecule has 0 unspecified atom stereocenters. The Labute approximate surface area is 154 Å². The summed E-state index contributed by atoms with van der Waals surface area (Å²) in [5.74, 6) is 2.90. The van der Waals surface area contributed by atoms with E-state index in [1.54, 1.807) is 12.1 Å². The highest BCUT2D eigenvalue weighted by atomic mass is 16.3. The van der Waals surface area contributed by atoms with Gasteiger partial charge >= 0.3 is 0 Å². The molecule has 7 nitrogen and oxygen atoms in total. The van der Waals surface area contributed by atoms with Gasteiger partial charge in [0.2, 0.25) is 0 Å². The van der Waals surface area contributed by atoms with Crippen LogP contribution in [-0.2, 0) is 0 Å². The van der Waals surface area contributed by atoms with Crippen LogP contribution in [0.4, 0.5) is 11.6 Å². The number of aryl methyl sites for hydroxylation is 1. The molecule has 1 saturated heterocycles. The SMILES string of the molecule is CCCCCNc1cc(N2CCN(C(=O)c3ccco3)CC2)nc(C)n1. The summed E-state index contributed by atoms with van der Waals surface area (Å²) < 4.78 is 5.21. The standard InChI is InChI=1S/C19H27N5O2/c1-3-4-5-8-20-17-14-18(22-15(2)21-17)23-9-11-24(12-10-23)19(25)16-7-6-13-26-16/h6-7,13-14H,3-5,8-12H2,1-2H3,(H,20,21,22). The summed E-state index contributed by atoms with van der Waals surface area (Å²) in [5, 5.41) is 3.39. The van der Waals surface area contributed by atoms with Crippen molar-refractivity contribution in [3.05, 3.63) is 36.0 Å². The summed E-state index contributed by atoms with van der Waals surface area (Å²) in [6.45, 7) is 7.84. The number of piperazine rings is 1. The van der Waals surface area contributed by atoms with E-state index in [1.165, 1.54) is 19.1 Å². The Kier molecular flexibility index (Phi) is 6.09. The minimum absolute atomic E-state index is 0.0493. The molecular formula is C19H27N5O2. The lowest BCUT2D eigenvalue weighted by Crippen LogP contribution is -2.49. The van der Waals surface area contributed by atoms with Gasteiger partial charge in [0.1, 0.15) is 17.5 Å². The lowest BCUT2D eigenvalue weighted by atomic mass is 10.2. The molecular weight excluding hydrogens is 330 g/mol. The zero-order valence-corrected chi connectivity index (χ0v) is 15.6. The molecule has 0 aromatic carbocycles. The maximum atomic E-state index is 12.4. The van der Waals surface area contributed by atoms with Gasteiger partial charge in [-0.1, -0.05) is 19.8 Å². The number of hydrogen-bond acceptors (Lipinski definition) is 6. The van der Waals surface area contributed by atoms with Crippen LogP contribution in [-0.4, -0.2) is 53.5 Å². The van der Waals surface area contributed by atoms with Crippen molar-refractivity contribution < 1.29 is 9.21 Å². The maximum absolute atomic E-state index is 12.4. The summed E-state index contributed by atoms with van der Waals surface area (Å²) in [6.07, 6.45) is 5.09. The van der Waals surface area contributed by atoms with E-state index in [2.05, 4.69) is 27.1 Å². The van der Waals surface area contributed by atoms with E-state index in [9.17, 15) is 4.79 Å². The van der Waals surface area contributed by atoms with Crippen molar-refractivity contribution in [1.82, 2.24) is 14.9 Å². The van der Waals surface area contributed by atoms with Gasteiger partial charge < -0.3 is 19.5 Å². The molecule has 26 heavy (non-hydrogen) atoms. The number of amides is 1. The molecule has 0 spiro atoms. The van der Waals surface area contributed by atoms with Crippen LogP contribution in [0.25, 0.3) is 0 Å². The summed E-state index contributed by atoms with van der Waals surface area (Å²) in [5.41, 5.74) is 0. The van der Waals surface area contributed by atoms with E-state index in [4.69, 9.17) is 4.42 Å². The molecule has 2 aromatic heterocycles. The number of nitrogens with zero attached hydrogens (tertiary/aromatic N) is 4. The summed E-state index contributed by atoms with van der Waals surface area (Å²) in [4.78, 5) is 25.4. The van der Waals surface area contributed by atoms with Gasteiger partial charge in [0.25, 0.3) is 5.91 Å². The average molecular weight is 357 g/mol. The topological polar surface area (TPSA) is 74.5 Å². The van der Waals surface area contributed by atoms with E-state index in [0.717, 1.165) is 43.5 Å². The quantitative estimate of drug-likeness (QED) is 0.768. The van der Waals surface area contributed by atoms with E-state index < -0.39 is 0 Å². The fraction of sp³-hybridized carbons (Fsp3) is 0.526. The predicted octanol–water partition coefficient (Wildman–Crippen LogP) is 2.94. The molecule has 0 radical (unpaired) electrons. The number of anilines is 2. The molecule has 1 N–H and O–H groups in total. The number of aromatic nitrogens is 2. The number of carbonyl (C=O) groups is 1. The summed E-state index contributed by atoms with van der Waals surface area (Å²) in [6, 6.07) is 5.45. The fourth-order valence-electron chi connectivity index (χ4n) is 3.09. The number of unbranched alkanes of at least 4 members (excludes halogenated alkanes) is 2. The lowest BCUT2D eigenvalue weighted by Gasteiger charge is -2.35. The average Bonchev–Trinajstić information content (AvgIpc) is 3.19. The summed E-state index contributed by atoms with van der Waals surface area (Å²) in [7, 11) is 0. The van der Waals surface area contributed by atoms with Gasteiger partial charge in [-0.3, -0.25) is 4.79 Å². The molecule has 1 aliphatic rings. The highest BCUT2D eigenvalue weighted by molar-refractivity contribution is 5.91. The van der Waals surface area contributed by atoms with Gasteiger partial charge in [0.05, 0.1) is 6.26 Å². The van der Waals surface area contributed by atoms with Crippen LogP contribution in [0.2, 0.25) is 0 Å². The van der Waals surface area contributed by atoms with E-state index in [0.29, 0.717) is 18.8 Å². The van der Waals surface area contributed by atoms with Crippen molar-refractivity contribution in [2.45, 2.75) is 33.1 Å². The third kappa shape index (κ3) is 4.53. The predicted molar refractivity (Wildman–Crippen MR) is 102 cm³/mol. The molecule has 7 heteroatoms. The molecule has 3 heterocycles. The second-order valence-electron chi connectivity index (χ2n) is 6.55. The zero-order valence-electron chi connectivity index (χ0n) is 15.6. The third-order valence-corrected chi connectivity index (χ3v) is 4.53. The largest absolute Gasteiger partial charge is 0.459 e. The minimum atomic E-state index is -0.0493. The Bertz CT molecular complexity index is 709. The number of nitrogens with one attached hydrogen (secondary N) is 1. The van der Waals surface area contributed by atoms with Crippen LogP contribution in [0.15, 0.2) is 28.9 Å². The highest BCUT2D eigenvalue weighted by Crippen LogP contribution is 2.19. The Morgan fingerprint density at radius 1 is 1.23 bits per heavy atom.